The van der Waals surface area contributed by atoms with Crippen molar-refractivity contribution in [3.05, 3.63) is 59.7 Å². The highest BCUT2D eigenvalue weighted by molar-refractivity contribution is 6.09. The fraction of sp³-hybridized carbons (Fsp3) is 0.263. The minimum absolute atomic E-state index is 0.840. The summed E-state index contributed by atoms with van der Waals surface area (Å²) in [6.45, 7) is 3.70. The molecule has 1 nitrogen and oxygen atoms in total. The van der Waals surface area contributed by atoms with Crippen LogP contribution in [0.1, 0.15) is 25.0 Å². The van der Waals surface area contributed by atoms with Crippen LogP contribution in [-0.4, -0.2) is 15.3 Å². The molecule has 0 aliphatic rings. The number of hydrogen-bond donors (Lipinski definition) is 1. The van der Waals surface area contributed by atoms with Gasteiger partial charge in [0.25, 0.3) is 0 Å². The molecule has 0 aromatic heterocycles. The molecule has 0 aliphatic carbocycles. The van der Waals surface area contributed by atoms with E-state index in [0.29, 0.717) is 0 Å². The predicted octanol–water partition coefficient (Wildman–Crippen LogP) is 4.35. The van der Waals surface area contributed by atoms with E-state index in [1.54, 1.807) is 0 Å². The van der Waals surface area contributed by atoms with Crippen LogP contribution in [0.5, 0.6) is 0 Å². The van der Waals surface area contributed by atoms with Crippen LogP contribution in [0.2, 0.25) is 6.04 Å². The molecule has 3 aromatic rings. The second-order valence-corrected chi connectivity index (χ2v) is 6.54. The van der Waals surface area contributed by atoms with Gasteiger partial charge in [-0.1, -0.05) is 48.5 Å². The lowest BCUT2D eigenvalue weighted by molar-refractivity contribution is 0.0802. The smallest absolute Gasteiger partial charge is 0.0846 e. The molecular weight excluding hydrogens is 272 g/mol. The van der Waals surface area contributed by atoms with E-state index in [1.807, 2.05) is 26.0 Å². The predicted molar refractivity (Wildman–Crippen MR) is 91.0 cm³/mol. The molecule has 105 valence electrons. The second kappa shape index (κ2) is 5.28. The molecule has 0 fully saturated rings. The Hall–Kier alpha value is -1.64. The van der Waals surface area contributed by atoms with Crippen molar-refractivity contribution in [3.63, 3.8) is 0 Å². The Balaban J connectivity index is 2.47. The van der Waals surface area contributed by atoms with Gasteiger partial charge in [-0.2, -0.15) is 0 Å². The third kappa shape index (κ3) is 2.50. The number of benzene rings is 3. The number of hydrogen-bond acceptors (Lipinski definition) is 1. The van der Waals surface area contributed by atoms with Crippen molar-refractivity contribution in [1.29, 1.82) is 0 Å². The molecule has 0 saturated carbocycles. The Labute approximate surface area is 129 Å². The van der Waals surface area contributed by atoms with Crippen molar-refractivity contribution >= 4 is 31.8 Å². The van der Waals surface area contributed by atoms with Gasteiger partial charge in [-0.3, -0.25) is 0 Å². The lowest BCUT2D eigenvalue weighted by Gasteiger charge is -2.22. The van der Waals surface area contributed by atoms with E-state index in [2.05, 4.69) is 46.6 Å². The van der Waals surface area contributed by atoms with Crippen LogP contribution in [0.4, 0.5) is 0 Å². The van der Waals surface area contributed by atoms with Crippen LogP contribution in [0.15, 0.2) is 48.5 Å². The summed E-state index contributed by atoms with van der Waals surface area (Å²) in [5, 5.41) is 15.4. The molecule has 2 heteroatoms. The zero-order chi connectivity index (χ0) is 15.0. The van der Waals surface area contributed by atoms with E-state index in [9.17, 15) is 5.11 Å². The molecule has 0 heterocycles. The average Bonchev–Trinajstić information content (AvgIpc) is 2.45. The molecule has 21 heavy (non-hydrogen) atoms. The highest BCUT2D eigenvalue weighted by atomic mass is 28.1. The summed E-state index contributed by atoms with van der Waals surface area (Å²) in [5.74, 6) is 0. The van der Waals surface area contributed by atoms with Crippen molar-refractivity contribution in [2.45, 2.75) is 31.9 Å². The van der Waals surface area contributed by atoms with Crippen molar-refractivity contribution in [3.8, 4) is 0 Å². The fourth-order valence-corrected chi connectivity index (χ4v) is 3.36. The van der Waals surface area contributed by atoms with E-state index in [1.165, 1.54) is 21.7 Å². The van der Waals surface area contributed by atoms with Gasteiger partial charge in [-0.05, 0) is 59.0 Å². The topological polar surface area (TPSA) is 20.2 Å². The summed E-state index contributed by atoms with van der Waals surface area (Å²) in [6.07, 6.45) is 0.976. The van der Waals surface area contributed by atoms with Gasteiger partial charge in [-0.25, -0.2) is 0 Å². The van der Waals surface area contributed by atoms with E-state index < -0.39 is 5.60 Å². The van der Waals surface area contributed by atoms with Gasteiger partial charge in [0.1, 0.15) is 0 Å². The Kier molecular flexibility index (Phi) is 3.60. The normalized spacial score (nSPS) is 12.2. The maximum absolute atomic E-state index is 10.5. The maximum atomic E-state index is 10.5. The van der Waals surface area contributed by atoms with Crippen LogP contribution in [0.3, 0.4) is 0 Å². The molecule has 1 N–H and O–H groups in total. The number of aliphatic hydroxyl groups is 1. The minimum Gasteiger partial charge on any atom is -0.386 e. The van der Waals surface area contributed by atoms with E-state index in [4.69, 9.17) is 0 Å². The van der Waals surface area contributed by atoms with Gasteiger partial charge in [0.15, 0.2) is 0 Å². The van der Waals surface area contributed by atoms with Gasteiger partial charge in [0.05, 0.1) is 5.60 Å². The van der Waals surface area contributed by atoms with Gasteiger partial charge in [-0.15, -0.1) is 0 Å². The van der Waals surface area contributed by atoms with Gasteiger partial charge in [0.2, 0.25) is 0 Å². The zero-order valence-electron chi connectivity index (χ0n) is 12.5. The van der Waals surface area contributed by atoms with Crippen molar-refractivity contribution in [1.82, 2.24) is 0 Å². The molecule has 0 atom stereocenters. The monoisotopic (exact) mass is 291 g/mol. The molecule has 0 saturated heterocycles. The first-order valence-electron chi connectivity index (χ1n) is 7.33. The summed E-state index contributed by atoms with van der Waals surface area (Å²) in [5.41, 5.74) is 1.50. The second-order valence-electron chi connectivity index (χ2n) is 6.04. The first kappa shape index (κ1) is 14.3. The van der Waals surface area contributed by atoms with Gasteiger partial charge < -0.3 is 5.11 Å². The first-order valence-corrected chi connectivity index (χ1v) is 8.04. The van der Waals surface area contributed by atoms with E-state index >= 15 is 0 Å². The average molecular weight is 291 g/mol. The summed E-state index contributed by atoms with van der Waals surface area (Å²) in [7, 11) is 3.62. The zero-order valence-corrected chi connectivity index (χ0v) is 13.5. The third-order valence-corrected chi connectivity index (χ3v) is 4.30. The lowest BCUT2D eigenvalue weighted by atomic mass is 9.88. The maximum Gasteiger partial charge on any atom is 0.0846 e. The van der Waals surface area contributed by atoms with Crippen molar-refractivity contribution in [2.75, 3.05) is 0 Å². The summed E-state index contributed by atoms with van der Waals surface area (Å²) < 4.78 is 0. The van der Waals surface area contributed by atoms with E-state index in [-0.39, 0.29) is 0 Å². The first-order chi connectivity index (χ1) is 10.0. The largest absolute Gasteiger partial charge is 0.386 e. The van der Waals surface area contributed by atoms with Crippen LogP contribution in [0, 0.1) is 0 Å². The number of aryl methyl sites for hydroxylation is 1. The van der Waals surface area contributed by atoms with Crippen LogP contribution in [-0.2, 0) is 12.0 Å². The molecule has 0 aliphatic heterocycles. The van der Waals surface area contributed by atoms with Crippen molar-refractivity contribution in [2.24, 2.45) is 0 Å². The molecule has 3 radical (unpaired) electrons. The highest BCUT2D eigenvalue weighted by Crippen LogP contribution is 2.35. The fourth-order valence-electron chi connectivity index (χ4n) is 3.11. The number of fused-ring (bicyclic) bond motifs is 2. The Morgan fingerprint density at radius 3 is 2.38 bits per heavy atom. The van der Waals surface area contributed by atoms with Gasteiger partial charge in [0, 0.05) is 10.2 Å². The molecular formula is C19H19OSi. The summed E-state index contributed by atoms with van der Waals surface area (Å²) >= 11 is 0. The Morgan fingerprint density at radius 2 is 1.67 bits per heavy atom. The number of rotatable bonds is 3. The summed E-state index contributed by atoms with van der Waals surface area (Å²) in [4.78, 5) is 0. The molecule has 3 aromatic carbocycles. The Bertz CT molecular complexity index is 800. The van der Waals surface area contributed by atoms with E-state index in [0.717, 1.165) is 23.4 Å². The SMILES string of the molecule is CC(C)(O)c1cccc2c(CC[Si])c3ccccc3cc12. The molecule has 3 rings (SSSR count). The van der Waals surface area contributed by atoms with Crippen LogP contribution in [0.25, 0.3) is 21.5 Å². The molecule has 0 unspecified atom stereocenters. The molecule has 0 bridgehead atoms. The van der Waals surface area contributed by atoms with Crippen LogP contribution < -0.4 is 0 Å². The van der Waals surface area contributed by atoms with Gasteiger partial charge >= 0.3 is 0 Å². The summed E-state index contributed by atoms with van der Waals surface area (Å²) in [6, 6.07) is 17.8. The van der Waals surface area contributed by atoms with Crippen LogP contribution >= 0.6 is 0 Å². The third-order valence-electron chi connectivity index (χ3n) is 4.05. The standard InChI is InChI=1S/C19H19OSi/c1-19(2,20)18-9-5-8-15-16(10-11-21)14-7-4-3-6-13(14)12-17(15)18/h3-9,12,20H,10-11H2,1-2H3. The Morgan fingerprint density at radius 1 is 0.952 bits per heavy atom. The quantitative estimate of drug-likeness (QED) is 0.562. The van der Waals surface area contributed by atoms with Crippen molar-refractivity contribution < 1.29 is 5.11 Å². The molecule has 0 amide bonds. The highest BCUT2D eigenvalue weighted by Gasteiger charge is 2.20. The lowest BCUT2D eigenvalue weighted by Crippen LogP contribution is -2.16. The molecule has 0 spiro atoms. The minimum atomic E-state index is -0.840.